The van der Waals surface area contributed by atoms with E-state index in [0.717, 1.165) is 4.90 Å². The number of halogens is 2. The summed E-state index contributed by atoms with van der Waals surface area (Å²) < 4.78 is 13.9. The summed E-state index contributed by atoms with van der Waals surface area (Å²) in [6.45, 7) is 0. The van der Waals surface area contributed by atoms with Crippen LogP contribution in [0.3, 0.4) is 0 Å². The monoisotopic (exact) mass is 361 g/mol. The smallest absolute Gasteiger partial charge is 0.201 e. The Morgan fingerprint density at radius 2 is 2.08 bits per heavy atom. The van der Waals surface area contributed by atoms with Gasteiger partial charge >= 0.3 is 0 Å². The molecular weight excluding hydrogens is 349 g/mol. The number of rotatable bonds is 6. The molecule has 5 nitrogen and oxygen atoms in total. The standard InChI is InChI=1S/C16H13ClFN5S/c17-11-5-3-4-10(15(11)18)9-24-14-7-2-1-6-12(14)22-23-13(8-19)16(20)21/h1-7,22H,9H2,(H3,20,21)/b23-13+. The number of anilines is 1. The number of nitrogens with one attached hydrogen (secondary N) is 2. The number of thioether (sulfide) groups is 1. The molecule has 0 amide bonds. The average Bonchev–Trinajstić information content (AvgIpc) is 2.57. The van der Waals surface area contributed by atoms with Crippen LogP contribution < -0.4 is 11.2 Å². The maximum Gasteiger partial charge on any atom is 0.201 e. The fourth-order valence-electron chi connectivity index (χ4n) is 1.76. The molecule has 8 heteroatoms. The molecule has 0 heterocycles. The maximum atomic E-state index is 13.9. The van der Waals surface area contributed by atoms with Crippen LogP contribution in [0.4, 0.5) is 10.1 Å². The van der Waals surface area contributed by atoms with Crippen LogP contribution in [0, 0.1) is 22.6 Å². The summed E-state index contributed by atoms with van der Waals surface area (Å²) in [6, 6.07) is 13.8. The number of para-hydroxylation sites is 1. The van der Waals surface area contributed by atoms with Crippen LogP contribution in [0.25, 0.3) is 0 Å². The van der Waals surface area contributed by atoms with Crippen molar-refractivity contribution in [2.45, 2.75) is 10.6 Å². The Kier molecular flexibility index (Phi) is 6.18. The summed E-state index contributed by atoms with van der Waals surface area (Å²) in [7, 11) is 0. The largest absolute Gasteiger partial charge is 0.382 e. The highest BCUT2D eigenvalue weighted by molar-refractivity contribution is 7.98. The van der Waals surface area contributed by atoms with Crippen LogP contribution in [0.2, 0.25) is 5.02 Å². The van der Waals surface area contributed by atoms with E-state index in [-0.39, 0.29) is 10.7 Å². The molecule has 4 N–H and O–H groups in total. The topological polar surface area (TPSA) is 98.0 Å². The third-order valence-electron chi connectivity index (χ3n) is 2.95. The van der Waals surface area contributed by atoms with E-state index in [4.69, 9.17) is 28.0 Å². The summed E-state index contributed by atoms with van der Waals surface area (Å²) in [5.74, 6) is -0.471. The van der Waals surface area contributed by atoms with Crippen LogP contribution in [0.15, 0.2) is 52.5 Å². The number of hydrogen-bond donors (Lipinski definition) is 3. The van der Waals surface area contributed by atoms with Crippen molar-refractivity contribution in [2.24, 2.45) is 10.8 Å². The Labute approximate surface area is 147 Å². The first-order valence-electron chi connectivity index (χ1n) is 6.76. The second kappa shape index (κ2) is 8.34. The van der Waals surface area contributed by atoms with E-state index in [2.05, 4.69) is 10.5 Å². The number of nitrogens with zero attached hydrogens (tertiary/aromatic N) is 2. The molecule has 0 bridgehead atoms. The van der Waals surface area contributed by atoms with Crippen LogP contribution in [-0.4, -0.2) is 11.5 Å². The van der Waals surface area contributed by atoms with Gasteiger partial charge < -0.3 is 5.73 Å². The van der Waals surface area contributed by atoms with Gasteiger partial charge in [-0.15, -0.1) is 11.8 Å². The highest BCUT2D eigenvalue weighted by atomic mass is 35.5. The Balaban J connectivity index is 2.16. The minimum atomic E-state index is -0.432. The van der Waals surface area contributed by atoms with E-state index < -0.39 is 11.7 Å². The molecular formula is C16H13ClFN5S. The SMILES string of the molecule is N#C/C(=N\Nc1ccccc1SCc1cccc(Cl)c1F)C(=N)N. The van der Waals surface area contributed by atoms with Crippen LogP contribution in [0.1, 0.15) is 5.56 Å². The molecule has 0 radical (unpaired) electrons. The van der Waals surface area contributed by atoms with E-state index in [1.54, 1.807) is 30.3 Å². The second-order valence-electron chi connectivity index (χ2n) is 4.60. The van der Waals surface area contributed by atoms with Crippen molar-refractivity contribution in [1.82, 2.24) is 0 Å². The molecule has 2 aromatic carbocycles. The zero-order chi connectivity index (χ0) is 17.5. The molecule has 0 aliphatic heterocycles. The number of nitrogens with two attached hydrogens (primary N) is 1. The van der Waals surface area contributed by atoms with Gasteiger partial charge in [0, 0.05) is 10.6 Å². The fraction of sp³-hybridized carbons (Fsp3) is 0.0625. The van der Waals surface area contributed by atoms with Crippen LogP contribution in [0.5, 0.6) is 0 Å². The lowest BCUT2D eigenvalue weighted by Gasteiger charge is -2.09. The van der Waals surface area contributed by atoms with E-state index in [9.17, 15) is 4.39 Å². The second-order valence-corrected chi connectivity index (χ2v) is 6.02. The first-order chi connectivity index (χ1) is 11.5. The molecule has 2 rings (SSSR count). The molecule has 0 aliphatic carbocycles. The molecule has 0 saturated heterocycles. The highest BCUT2D eigenvalue weighted by Crippen LogP contribution is 2.31. The molecule has 0 aliphatic rings. The first-order valence-corrected chi connectivity index (χ1v) is 8.12. The molecule has 0 aromatic heterocycles. The Bertz CT molecular complexity index is 831. The lowest BCUT2D eigenvalue weighted by molar-refractivity contribution is 0.618. The van der Waals surface area contributed by atoms with Crippen molar-refractivity contribution >= 4 is 40.6 Å². The number of benzene rings is 2. The summed E-state index contributed by atoms with van der Waals surface area (Å²) in [5, 5.41) is 20.0. The van der Waals surface area contributed by atoms with Gasteiger partial charge in [0.05, 0.1) is 10.7 Å². The van der Waals surface area contributed by atoms with Crippen molar-refractivity contribution in [1.29, 1.82) is 10.7 Å². The van der Waals surface area contributed by atoms with E-state index in [1.165, 1.54) is 17.8 Å². The Hall–Kier alpha value is -2.56. The van der Waals surface area contributed by atoms with Gasteiger partial charge in [0.2, 0.25) is 5.71 Å². The first kappa shape index (κ1) is 17.8. The normalized spacial score (nSPS) is 11.0. The lowest BCUT2D eigenvalue weighted by Crippen LogP contribution is -2.21. The molecule has 0 unspecified atom stereocenters. The van der Waals surface area contributed by atoms with Crippen molar-refractivity contribution < 1.29 is 4.39 Å². The summed E-state index contributed by atoms with van der Waals surface area (Å²) in [6.07, 6.45) is 0. The summed E-state index contributed by atoms with van der Waals surface area (Å²) in [5.41, 5.74) is 8.86. The number of amidine groups is 1. The quantitative estimate of drug-likeness (QED) is 0.313. The minimum Gasteiger partial charge on any atom is -0.382 e. The maximum absolute atomic E-state index is 13.9. The van der Waals surface area contributed by atoms with E-state index in [0.29, 0.717) is 17.0 Å². The number of hydrazone groups is 1. The van der Waals surface area contributed by atoms with Gasteiger partial charge in [-0.1, -0.05) is 35.9 Å². The summed E-state index contributed by atoms with van der Waals surface area (Å²) in [4.78, 5) is 0.807. The van der Waals surface area contributed by atoms with Crippen molar-refractivity contribution in [3.8, 4) is 6.07 Å². The zero-order valence-corrected chi connectivity index (χ0v) is 14.0. The highest BCUT2D eigenvalue weighted by Gasteiger charge is 2.09. The van der Waals surface area contributed by atoms with Gasteiger partial charge in [0.1, 0.15) is 11.9 Å². The zero-order valence-electron chi connectivity index (χ0n) is 12.4. The third-order valence-corrected chi connectivity index (χ3v) is 4.37. The predicted molar refractivity (Wildman–Crippen MR) is 96.0 cm³/mol. The van der Waals surface area contributed by atoms with Crippen molar-refractivity contribution in [3.63, 3.8) is 0 Å². The fourth-order valence-corrected chi connectivity index (χ4v) is 2.93. The van der Waals surface area contributed by atoms with Gasteiger partial charge in [-0.05, 0) is 23.8 Å². The van der Waals surface area contributed by atoms with Gasteiger partial charge in [-0.3, -0.25) is 10.8 Å². The van der Waals surface area contributed by atoms with Gasteiger partial charge in [-0.25, -0.2) is 4.39 Å². The molecule has 24 heavy (non-hydrogen) atoms. The molecule has 122 valence electrons. The molecule has 0 atom stereocenters. The van der Waals surface area contributed by atoms with E-state index in [1.807, 2.05) is 12.1 Å². The van der Waals surface area contributed by atoms with Crippen molar-refractivity contribution in [3.05, 3.63) is 58.9 Å². The number of nitriles is 1. The molecule has 2 aromatic rings. The number of hydrogen-bond acceptors (Lipinski definition) is 5. The van der Waals surface area contributed by atoms with Crippen LogP contribution >= 0.6 is 23.4 Å². The predicted octanol–water partition coefficient (Wildman–Crippen LogP) is 4.00. The third kappa shape index (κ3) is 4.47. The molecule has 0 saturated carbocycles. The van der Waals surface area contributed by atoms with Crippen molar-refractivity contribution in [2.75, 3.05) is 5.43 Å². The minimum absolute atomic E-state index is 0.0873. The van der Waals surface area contributed by atoms with Gasteiger partial charge in [-0.2, -0.15) is 10.4 Å². The molecule has 0 fully saturated rings. The average molecular weight is 362 g/mol. The Morgan fingerprint density at radius 3 is 2.79 bits per heavy atom. The summed E-state index contributed by atoms with van der Waals surface area (Å²) >= 11 is 7.17. The van der Waals surface area contributed by atoms with Crippen LogP contribution in [-0.2, 0) is 5.75 Å². The van der Waals surface area contributed by atoms with E-state index >= 15 is 0 Å². The Morgan fingerprint density at radius 1 is 1.33 bits per heavy atom. The van der Waals surface area contributed by atoms with Gasteiger partial charge in [0.15, 0.2) is 5.84 Å². The molecule has 0 spiro atoms. The lowest BCUT2D eigenvalue weighted by atomic mass is 10.2. The van der Waals surface area contributed by atoms with Gasteiger partial charge in [0.25, 0.3) is 0 Å².